The van der Waals surface area contributed by atoms with E-state index in [2.05, 4.69) is 12.1 Å². The molecular weight excluding hydrogens is 430 g/mol. The maximum absolute atomic E-state index is 13.7. The van der Waals surface area contributed by atoms with E-state index in [0.717, 1.165) is 23.2 Å². The van der Waals surface area contributed by atoms with Gasteiger partial charge in [0.15, 0.2) is 5.78 Å². The van der Waals surface area contributed by atoms with E-state index in [9.17, 15) is 9.59 Å². The standard InChI is InChI=1S/C28H31NO5/c1-5-13-34-28(31)25-17(2)29-22-14-19(18-9-7-6-8-10-18)15-23(30)27(22)26(25)21-12-11-20(32-3)16-24(21)33-4/h6-12,16,19,25-26H,5,13-15H2,1-4H3. The molecule has 2 aliphatic rings. The zero-order chi connectivity index (χ0) is 24.2. The van der Waals surface area contributed by atoms with Crippen LogP contribution in [-0.4, -0.2) is 38.3 Å². The topological polar surface area (TPSA) is 74.2 Å². The summed E-state index contributed by atoms with van der Waals surface area (Å²) in [5.41, 5.74) is 3.89. The Balaban J connectivity index is 1.83. The first-order valence-electron chi connectivity index (χ1n) is 11.7. The van der Waals surface area contributed by atoms with Gasteiger partial charge in [-0.05, 0) is 37.3 Å². The number of hydrogen-bond donors (Lipinski definition) is 0. The van der Waals surface area contributed by atoms with Gasteiger partial charge in [-0.15, -0.1) is 0 Å². The predicted octanol–water partition coefficient (Wildman–Crippen LogP) is 5.23. The number of aliphatic imine (C=N–C) groups is 1. The highest BCUT2D eigenvalue weighted by Crippen LogP contribution is 2.49. The van der Waals surface area contributed by atoms with Gasteiger partial charge in [-0.25, -0.2) is 0 Å². The van der Waals surface area contributed by atoms with Crippen LogP contribution in [0.2, 0.25) is 0 Å². The van der Waals surface area contributed by atoms with Gasteiger partial charge in [0, 0.05) is 41.0 Å². The summed E-state index contributed by atoms with van der Waals surface area (Å²) in [5.74, 6) is -0.298. The van der Waals surface area contributed by atoms with Crippen molar-refractivity contribution < 1.29 is 23.8 Å². The van der Waals surface area contributed by atoms with Crippen molar-refractivity contribution in [2.75, 3.05) is 20.8 Å². The number of ketones is 1. The van der Waals surface area contributed by atoms with Crippen molar-refractivity contribution >= 4 is 17.5 Å². The van der Waals surface area contributed by atoms with Crippen molar-refractivity contribution in [3.8, 4) is 11.5 Å². The van der Waals surface area contributed by atoms with Crippen molar-refractivity contribution in [3.63, 3.8) is 0 Å². The van der Waals surface area contributed by atoms with Crippen LogP contribution in [0, 0.1) is 5.92 Å². The van der Waals surface area contributed by atoms with E-state index in [1.807, 2.05) is 44.2 Å². The quantitative estimate of drug-likeness (QED) is 0.528. The summed E-state index contributed by atoms with van der Waals surface area (Å²) in [5, 5.41) is 0. The molecule has 0 radical (unpaired) electrons. The lowest BCUT2D eigenvalue weighted by atomic mass is 9.69. The molecule has 1 aliphatic carbocycles. The molecular formula is C28H31NO5. The van der Waals surface area contributed by atoms with Crippen LogP contribution in [0.25, 0.3) is 0 Å². The van der Waals surface area contributed by atoms with E-state index < -0.39 is 11.8 Å². The molecule has 4 rings (SSSR count). The van der Waals surface area contributed by atoms with Gasteiger partial charge < -0.3 is 14.2 Å². The number of carbonyl (C=O) groups excluding carboxylic acids is 2. The van der Waals surface area contributed by atoms with Gasteiger partial charge in [0.1, 0.15) is 17.4 Å². The SMILES string of the molecule is CCCOC(=O)C1C(C)=NC2=C(C(=O)CC(c3ccccc3)C2)C1c1ccc(OC)cc1OC. The van der Waals surface area contributed by atoms with Gasteiger partial charge in [-0.2, -0.15) is 0 Å². The summed E-state index contributed by atoms with van der Waals surface area (Å²) in [6.45, 7) is 4.13. The number of rotatable bonds is 7. The summed E-state index contributed by atoms with van der Waals surface area (Å²) in [4.78, 5) is 31.7. The Hall–Kier alpha value is -3.41. The molecule has 1 aliphatic heterocycles. The highest BCUT2D eigenvalue weighted by atomic mass is 16.5. The number of esters is 1. The minimum atomic E-state index is -0.690. The van der Waals surface area contributed by atoms with E-state index in [-0.39, 0.29) is 17.7 Å². The molecule has 0 saturated heterocycles. The minimum absolute atomic E-state index is 0.0162. The molecule has 6 nitrogen and oxygen atoms in total. The Kier molecular flexibility index (Phi) is 7.15. The van der Waals surface area contributed by atoms with Crippen LogP contribution in [0.3, 0.4) is 0 Å². The molecule has 2 aromatic carbocycles. The molecule has 3 unspecified atom stereocenters. The number of ether oxygens (including phenoxy) is 3. The highest BCUT2D eigenvalue weighted by molar-refractivity contribution is 6.09. The van der Waals surface area contributed by atoms with Crippen molar-refractivity contribution in [2.24, 2.45) is 10.9 Å². The van der Waals surface area contributed by atoms with Crippen LogP contribution in [0.4, 0.5) is 0 Å². The van der Waals surface area contributed by atoms with Gasteiger partial charge in [0.2, 0.25) is 0 Å². The van der Waals surface area contributed by atoms with E-state index in [4.69, 9.17) is 19.2 Å². The second-order valence-corrected chi connectivity index (χ2v) is 8.78. The Labute approximate surface area is 200 Å². The van der Waals surface area contributed by atoms with E-state index in [1.165, 1.54) is 0 Å². The number of methoxy groups -OCH3 is 2. The second kappa shape index (κ2) is 10.2. The Bertz CT molecular complexity index is 1130. The number of Topliss-reactive ketones (excluding diaryl/α,β-unsaturated/α-hetero) is 1. The molecule has 6 heteroatoms. The molecule has 34 heavy (non-hydrogen) atoms. The molecule has 178 valence electrons. The fraction of sp³-hybridized carbons (Fsp3) is 0.393. The first-order valence-corrected chi connectivity index (χ1v) is 11.7. The van der Waals surface area contributed by atoms with Crippen LogP contribution < -0.4 is 9.47 Å². The molecule has 0 N–H and O–H groups in total. The summed E-state index contributed by atoms with van der Waals surface area (Å²) in [6.07, 6.45) is 1.74. The van der Waals surface area contributed by atoms with E-state index in [1.54, 1.807) is 20.3 Å². The number of hydrogen-bond acceptors (Lipinski definition) is 6. The maximum Gasteiger partial charge on any atom is 0.315 e. The molecule has 1 heterocycles. The molecule has 0 bridgehead atoms. The third-order valence-corrected chi connectivity index (χ3v) is 6.64. The fourth-order valence-corrected chi connectivity index (χ4v) is 5.03. The largest absolute Gasteiger partial charge is 0.497 e. The van der Waals surface area contributed by atoms with Crippen molar-refractivity contribution in [1.29, 1.82) is 0 Å². The summed E-state index contributed by atoms with van der Waals surface area (Å²) >= 11 is 0. The highest BCUT2D eigenvalue weighted by Gasteiger charge is 2.45. The molecule has 0 spiro atoms. The zero-order valence-corrected chi connectivity index (χ0v) is 20.2. The van der Waals surface area contributed by atoms with Gasteiger partial charge in [0.25, 0.3) is 0 Å². The van der Waals surface area contributed by atoms with E-state index >= 15 is 0 Å². The van der Waals surface area contributed by atoms with Crippen molar-refractivity contribution in [2.45, 2.75) is 44.9 Å². The van der Waals surface area contributed by atoms with Gasteiger partial charge in [-0.1, -0.05) is 43.3 Å². The third kappa shape index (κ3) is 4.49. The van der Waals surface area contributed by atoms with Crippen LogP contribution in [0.15, 0.2) is 64.8 Å². The summed E-state index contributed by atoms with van der Waals surface area (Å²) < 4.78 is 16.6. The third-order valence-electron chi connectivity index (χ3n) is 6.64. The van der Waals surface area contributed by atoms with Crippen LogP contribution >= 0.6 is 0 Å². The van der Waals surface area contributed by atoms with Gasteiger partial charge in [-0.3, -0.25) is 14.6 Å². The minimum Gasteiger partial charge on any atom is -0.497 e. The fourth-order valence-electron chi connectivity index (χ4n) is 5.03. The van der Waals surface area contributed by atoms with Crippen LogP contribution in [-0.2, 0) is 14.3 Å². The number of nitrogens with zero attached hydrogens (tertiary/aromatic N) is 1. The number of benzene rings is 2. The van der Waals surface area contributed by atoms with Crippen molar-refractivity contribution in [3.05, 3.63) is 70.9 Å². The maximum atomic E-state index is 13.7. The first kappa shape index (κ1) is 23.7. The van der Waals surface area contributed by atoms with Gasteiger partial charge in [0.05, 0.1) is 20.8 Å². The normalized spacial score (nSPS) is 22.1. The first-order chi connectivity index (χ1) is 16.5. The molecule has 3 atom stereocenters. The molecule has 2 aromatic rings. The molecule has 0 saturated carbocycles. The average Bonchev–Trinajstić information content (AvgIpc) is 2.86. The Morgan fingerprint density at radius 3 is 2.50 bits per heavy atom. The Morgan fingerprint density at radius 1 is 1.06 bits per heavy atom. The zero-order valence-electron chi connectivity index (χ0n) is 20.2. The number of allylic oxidation sites excluding steroid dienone is 2. The second-order valence-electron chi connectivity index (χ2n) is 8.78. The molecule has 0 aromatic heterocycles. The predicted molar refractivity (Wildman–Crippen MR) is 131 cm³/mol. The Morgan fingerprint density at radius 2 is 1.82 bits per heavy atom. The monoisotopic (exact) mass is 461 g/mol. The number of carbonyl (C=O) groups is 2. The average molecular weight is 462 g/mol. The lowest BCUT2D eigenvalue weighted by Crippen LogP contribution is -2.38. The molecule has 0 fully saturated rings. The smallest absolute Gasteiger partial charge is 0.315 e. The molecule has 0 amide bonds. The van der Waals surface area contributed by atoms with E-state index in [0.29, 0.717) is 42.2 Å². The summed E-state index contributed by atoms with van der Waals surface area (Å²) in [6, 6.07) is 15.5. The lowest BCUT2D eigenvalue weighted by molar-refractivity contribution is -0.146. The van der Waals surface area contributed by atoms with Crippen LogP contribution in [0.5, 0.6) is 11.5 Å². The van der Waals surface area contributed by atoms with Crippen LogP contribution in [0.1, 0.15) is 56.1 Å². The lowest BCUT2D eigenvalue weighted by Gasteiger charge is -2.37. The summed E-state index contributed by atoms with van der Waals surface area (Å²) in [7, 11) is 3.17. The van der Waals surface area contributed by atoms with Gasteiger partial charge >= 0.3 is 5.97 Å². The van der Waals surface area contributed by atoms with Crippen molar-refractivity contribution in [1.82, 2.24) is 0 Å².